The quantitative estimate of drug-likeness (QED) is 0.224. The van der Waals surface area contributed by atoms with E-state index in [0.29, 0.717) is 0 Å². The van der Waals surface area contributed by atoms with Crippen LogP contribution in [0.5, 0.6) is 0 Å². The zero-order valence-electron chi connectivity index (χ0n) is 26.0. The van der Waals surface area contributed by atoms with Crippen LogP contribution >= 0.6 is 0 Å². The second-order valence-electron chi connectivity index (χ2n) is 14.2. The molecule has 3 unspecified atom stereocenters. The van der Waals surface area contributed by atoms with E-state index in [1.807, 2.05) is 4.90 Å². The number of rotatable bonds is 7. The first-order valence-corrected chi connectivity index (χ1v) is 15.5. The highest BCUT2D eigenvalue weighted by molar-refractivity contribution is 5.89. The number of hydrogen-bond acceptors (Lipinski definition) is 13. The number of aliphatic hydroxyl groups excluding tert-OH is 3. The molecule has 7 bridgehead atoms. The van der Waals surface area contributed by atoms with Gasteiger partial charge in [0.25, 0.3) is 0 Å². The molecule has 5 N–H and O–H groups in total. The molecule has 6 fully saturated rings. The summed E-state index contributed by atoms with van der Waals surface area (Å²) in [5.41, 5.74) is -8.68. The molecule has 6 aliphatic rings. The lowest BCUT2D eigenvalue weighted by Gasteiger charge is -2.72. The van der Waals surface area contributed by atoms with Gasteiger partial charge in [-0.05, 0) is 19.2 Å². The molecule has 1 saturated heterocycles. The summed E-state index contributed by atoms with van der Waals surface area (Å²) < 4.78 is 29.9. The summed E-state index contributed by atoms with van der Waals surface area (Å²) >= 11 is 0. The van der Waals surface area contributed by atoms with Gasteiger partial charge in [-0.15, -0.1) is 0 Å². The van der Waals surface area contributed by atoms with Crippen molar-refractivity contribution in [3.05, 3.63) is 35.9 Å². The first kappa shape index (κ1) is 31.4. The molecule has 15 atom stereocenters. The second-order valence-corrected chi connectivity index (χ2v) is 14.2. The summed E-state index contributed by atoms with van der Waals surface area (Å²) in [5, 5.41) is 62.8. The van der Waals surface area contributed by atoms with Gasteiger partial charge in [0.15, 0.2) is 5.60 Å². The Kier molecular flexibility index (Phi) is 6.91. The molecule has 0 aromatic heterocycles. The normalized spacial score (nSPS) is 52.4. The molecule has 45 heavy (non-hydrogen) atoms. The van der Waals surface area contributed by atoms with E-state index in [9.17, 15) is 35.1 Å². The number of piperidine rings is 1. The van der Waals surface area contributed by atoms with E-state index in [4.69, 9.17) is 23.7 Å². The van der Waals surface area contributed by atoms with Crippen LogP contribution in [-0.2, 0) is 28.5 Å². The zero-order valence-corrected chi connectivity index (χ0v) is 26.0. The molecular formula is C32H43NO12. The number of carbonyl (C=O) groups excluding carboxylic acids is 2. The van der Waals surface area contributed by atoms with Crippen LogP contribution in [-0.4, -0.2) is 143 Å². The first-order chi connectivity index (χ1) is 21.3. The average Bonchev–Trinajstić information content (AvgIpc) is 3.33. The van der Waals surface area contributed by atoms with E-state index < -0.39 is 106 Å². The SMILES string of the molecule is COC[C@]12CN(C)C3[C@@H]4[C@H](O)C1[C@@]3([C@@H](OC)C[C@@H]2O)[C@]1(O)C[C@]2(O)[C@@H](OC(=O)c3ccccc3)C1[C@]4(OC(C)=O)[C@@H](O)[C@@H]2OC. The van der Waals surface area contributed by atoms with Gasteiger partial charge in [0, 0.05) is 76.3 Å². The molecule has 5 aliphatic carbocycles. The summed E-state index contributed by atoms with van der Waals surface area (Å²) in [7, 11) is 6.04. The van der Waals surface area contributed by atoms with Crippen molar-refractivity contribution in [3.63, 3.8) is 0 Å². The maximum absolute atomic E-state index is 13.6. The van der Waals surface area contributed by atoms with Gasteiger partial charge in [0.2, 0.25) is 0 Å². The van der Waals surface area contributed by atoms with E-state index in [1.54, 1.807) is 37.4 Å². The van der Waals surface area contributed by atoms with E-state index in [-0.39, 0.29) is 25.1 Å². The third-order valence-corrected chi connectivity index (χ3v) is 12.7. The van der Waals surface area contributed by atoms with Crippen molar-refractivity contribution in [1.82, 2.24) is 4.90 Å². The standard InChI is InChI=1S/C32H43NO12/c1-15(34)45-32-19-20(36)21-28(14-41-3)13-33(2)23(19)31(21,18(42-4)11-17(28)35)30(40)12-29(39,26(43-5)24(32)37)25(22(30)32)44-27(38)16-9-7-6-8-10-16/h6-10,17-26,35-37,39-40H,11-14H2,1-5H3/t17-,18-,19-,20-,21?,22?,23?,24-,25-,26-,28-,29-,30-,31+,32-/m0/s1. The Hall–Kier alpha value is -2.20. The van der Waals surface area contributed by atoms with Crippen LogP contribution in [0.2, 0.25) is 0 Å². The van der Waals surface area contributed by atoms with E-state index >= 15 is 0 Å². The molecule has 13 nitrogen and oxygen atoms in total. The highest BCUT2D eigenvalue weighted by Crippen LogP contribution is 2.81. The average molecular weight is 634 g/mol. The lowest BCUT2D eigenvalue weighted by molar-refractivity contribution is -0.353. The number of methoxy groups -OCH3 is 3. The van der Waals surface area contributed by atoms with Crippen molar-refractivity contribution >= 4 is 11.9 Å². The molecule has 1 heterocycles. The van der Waals surface area contributed by atoms with Gasteiger partial charge in [-0.2, -0.15) is 0 Å². The number of aliphatic hydroxyl groups is 5. The van der Waals surface area contributed by atoms with Crippen LogP contribution < -0.4 is 0 Å². The van der Waals surface area contributed by atoms with Crippen LogP contribution in [0.15, 0.2) is 30.3 Å². The highest BCUT2D eigenvalue weighted by atomic mass is 16.6. The number of likely N-dealkylation sites (tertiary alicyclic amines) is 1. The number of nitrogens with zero attached hydrogens (tertiary/aromatic N) is 1. The number of benzene rings is 1. The fraction of sp³-hybridized carbons (Fsp3) is 0.750. The van der Waals surface area contributed by atoms with Crippen molar-refractivity contribution in [1.29, 1.82) is 0 Å². The van der Waals surface area contributed by atoms with E-state index in [1.165, 1.54) is 21.3 Å². The maximum atomic E-state index is 13.6. The lowest BCUT2D eigenvalue weighted by atomic mass is 9.40. The Morgan fingerprint density at radius 1 is 1.00 bits per heavy atom. The number of carbonyl (C=O) groups is 2. The van der Waals surface area contributed by atoms with Crippen LogP contribution in [0.3, 0.4) is 0 Å². The third-order valence-electron chi connectivity index (χ3n) is 12.7. The van der Waals surface area contributed by atoms with Crippen molar-refractivity contribution in [2.45, 2.75) is 79.2 Å². The molecule has 248 valence electrons. The Labute approximate surface area is 261 Å². The molecule has 5 saturated carbocycles. The van der Waals surface area contributed by atoms with Crippen molar-refractivity contribution < 1.29 is 58.8 Å². The van der Waals surface area contributed by atoms with E-state index in [0.717, 1.165) is 6.92 Å². The van der Waals surface area contributed by atoms with Crippen molar-refractivity contribution in [2.75, 3.05) is 41.5 Å². The van der Waals surface area contributed by atoms with E-state index in [2.05, 4.69) is 0 Å². The second kappa shape index (κ2) is 9.91. The fourth-order valence-corrected chi connectivity index (χ4v) is 12.0. The van der Waals surface area contributed by atoms with Crippen molar-refractivity contribution in [3.8, 4) is 0 Å². The predicted octanol–water partition coefficient (Wildman–Crippen LogP) is -1.28. The van der Waals surface area contributed by atoms with Gasteiger partial charge in [0.05, 0.1) is 42.0 Å². The molecule has 13 heteroatoms. The molecule has 1 aromatic carbocycles. The van der Waals surface area contributed by atoms with Gasteiger partial charge < -0.3 is 54.1 Å². The predicted molar refractivity (Wildman–Crippen MR) is 153 cm³/mol. The summed E-state index contributed by atoms with van der Waals surface area (Å²) in [6.07, 6.45) is -8.41. The van der Waals surface area contributed by atoms with Crippen LogP contribution in [0.1, 0.15) is 30.1 Å². The van der Waals surface area contributed by atoms with Gasteiger partial charge in [-0.1, -0.05) is 18.2 Å². The zero-order chi connectivity index (χ0) is 32.5. The van der Waals surface area contributed by atoms with Crippen LogP contribution in [0.25, 0.3) is 0 Å². The Bertz CT molecular complexity index is 1380. The number of fused-ring (bicyclic) bond motifs is 2. The summed E-state index contributed by atoms with van der Waals surface area (Å²) in [5.74, 6) is -5.00. The smallest absolute Gasteiger partial charge is 0.338 e. The van der Waals surface area contributed by atoms with Gasteiger partial charge in [0.1, 0.15) is 23.9 Å². The molecule has 1 aliphatic heterocycles. The summed E-state index contributed by atoms with van der Waals surface area (Å²) in [6, 6.07) is 7.37. The van der Waals surface area contributed by atoms with Gasteiger partial charge in [-0.25, -0.2) is 4.79 Å². The Morgan fingerprint density at radius 2 is 1.69 bits per heavy atom. The first-order valence-electron chi connectivity index (χ1n) is 15.5. The highest BCUT2D eigenvalue weighted by Gasteiger charge is 2.96. The summed E-state index contributed by atoms with van der Waals surface area (Å²) in [4.78, 5) is 28.6. The Morgan fingerprint density at radius 3 is 2.29 bits per heavy atom. The summed E-state index contributed by atoms with van der Waals surface area (Å²) in [6.45, 7) is 1.46. The van der Waals surface area contributed by atoms with Crippen molar-refractivity contribution in [2.24, 2.45) is 28.6 Å². The third kappa shape index (κ3) is 3.34. The molecule has 7 rings (SSSR count). The Balaban J connectivity index is 1.54. The largest absolute Gasteiger partial charge is 0.455 e. The molecular weight excluding hydrogens is 590 g/mol. The fourth-order valence-electron chi connectivity index (χ4n) is 12.0. The monoisotopic (exact) mass is 633 g/mol. The van der Waals surface area contributed by atoms with Gasteiger partial charge in [-0.3, -0.25) is 4.79 Å². The molecule has 0 amide bonds. The molecule has 0 radical (unpaired) electrons. The lowest BCUT2D eigenvalue weighted by Crippen LogP contribution is -2.85. The minimum Gasteiger partial charge on any atom is -0.455 e. The minimum atomic E-state index is -2.16. The minimum absolute atomic E-state index is 0.0269. The molecule has 1 aromatic rings. The number of hydrogen-bond donors (Lipinski definition) is 5. The molecule has 1 spiro atoms. The maximum Gasteiger partial charge on any atom is 0.338 e. The topological polar surface area (TPSA) is 185 Å². The number of ether oxygens (including phenoxy) is 5. The van der Waals surface area contributed by atoms with Gasteiger partial charge >= 0.3 is 11.9 Å². The van der Waals surface area contributed by atoms with Crippen LogP contribution in [0, 0.1) is 28.6 Å². The van der Waals surface area contributed by atoms with Crippen LogP contribution in [0.4, 0.5) is 0 Å². The number of esters is 2.